The van der Waals surface area contributed by atoms with Crippen LogP contribution in [0, 0.1) is 10.1 Å². The lowest BCUT2D eigenvalue weighted by atomic mass is 10.1. The van der Waals surface area contributed by atoms with Crippen molar-refractivity contribution >= 4 is 15.7 Å². The summed E-state index contributed by atoms with van der Waals surface area (Å²) in [6, 6.07) is 9.48. The maximum absolute atomic E-state index is 12.4. The van der Waals surface area contributed by atoms with Gasteiger partial charge in [-0.15, -0.1) is 0 Å². The van der Waals surface area contributed by atoms with Crippen LogP contribution in [0.15, 0.2) is 47.4 Å². The summed E-state index contributed by atoms with van der Waals surface area (Å²) in [5.41, 5.74) is 0.405. The van der Waals surface area contributed by atoms with E-state index in [0.29, 0.717) is 17.1 Å². The molecular formula is C15H14N2O6S. The Morgan fingerprint density at radius 1 is 1.17 bits per heavy atom. The fourth-order valence-electron chi connectivity index (χ4n) is 2.32. The molecule has 1 atom stereocenters. The third-order valence-corrected chi connectivity index (χ3v) is 5.11. The van der Waals surface area contributed by atoms with E-state index in [-0.39, 0.29) is 17.4 Å². The molecule has 24 heavy (non-hydrogen) atoms. The Morgan fingerprint density at radius 3 is 2.67 bits per heavy atom. The fraction of sp³-hybridized carbons (Fsp3) is 0.200. The van der Waals surface area contributed by atoms with Crippen LogP contribution in [0.4, 0.5) is 5.69 Å². The number of nitrogens with one attached hydrogen (secondary N) is 1. The van der Waals surface area contributed by atoms with Crippen molar-refractivity contribution in [3.05, 3.63) is 58.1 Å². The molecule has 0 aliphatic carbocycles. The lowest BCUT2D eigenvalue weighted by molar-refractivity contribution is -0.385. The summed E-state index contributed by atoms with van der Waals surface area (Å²) in [4.78, 5) is 10.00. The first-order chi connectivity index (χ1) is 11.4. The highest BCUT2D eigenvalue weighted by Gasteiger charge is 2.22. The van der Waals surface area contributed by atoms with Crippen molar-refractivity contribution in [1.29, 1.82) is 0 Å². The molecule has 0 radical (unpaired) electrons. The van der Waals surface area contributed by atoms with Crippen molar-refractivity contribution in [3.8, 4) is 11.5 Å². The molecule has 1 heterocycles. The Balaban J connectivity index is 1.83. The lowest BCUT2D eigenvalue weighted by Gasteiger charge is -2.15. The maximum atomic E-state index is 12.4. The smallest absolute Gasteiger partial charge is 0.270 e. The Hall–Kier alpha value is -2.65. The first kappa shape index (κ1) is 16.2. The number of sulfonamides is 1. The van der Waals surface area contributed by atoms with Gasteiger partial charge in [-0.2, -0.15) is 0 Å². The first-order valence-electron chi connectivity index (χ1n) is 7.03. The van der Waals surface area contributed by atoms with E-state index < -0.39 is 21.0 Å². The van der Waals surface area contributed by atoms with Crippen molar-refractivity contribution in [2.75, 3.05) is 6.79 Å². The average molecular weight is 350 g/mol. The number of fused-ring (bicyclic) bond motifs is 1. The topological polar surface area (TPSA) is 108 Å². The van der Waals surface area contributed by atoms with Crippen molar-refractivity contribution in [2.45, 2.75) is 17.9 Å². The maximum Gasteiger partial charge on any atom is 0.270 e. The van der Waals surface area contributed by atoms with Gasteiger partial charge in [0.05, 0.1) is 9.82 Å². The molecule has 1 aliphatic rings. The summed E-state index contributed by atoms with van der Waals surface area (Å²) in [5.74, 6) is 1.15. The highest BCUT2D eigenvalue weighted by atomic mass is 32.2. The number of non-ortho nitro benzene ring substituents is 1. The minimum atomic E-state index is -3.90. The van der Waals surface area contributed by atoms with Gasteiger partial charge in [0.25, 0.3) is 5.69 Å². The minimum Gasteiger partial charge on any atom is -0.454 e. The number of benzene rings is 2. The molecule has 8 nitrogen and oxygen atoms in total. The largest absolute Gasteiger partial charge is 0.454 e. The molecule has 0 spiro atoms. The normalized spacial score (nSPS) is 14.4. The van der Waals surface area contributed by atoms with Gasteiger partial charge in [-0.1, -0.05) is 12.1 Å². The molecule has 2 aromatic rings. The third-order valence-electron chi connectivity index (χ3n) is 3.57. The van der Waals surface area contributed by atoms with Gasteiger partial charge in [0.1, 0.15) is 0 Å². The van der Waals surface area contributed by atoms with Gasteiger partial charge < -0.3 is 9.47 Å². The van der Waals surface area contributed by atoms with E-state index in [1.54, 1.807) is 25.1 Å². The first-order valence-corrected chi connectivity index (χ1v) is 8.51. The van der Waals surface area contributed by atoms with E-state index >= 15 is 0 Å². The second-order valence-corrected chi connectivity index (χ2v) is 6.92. The molecule has 126 valence electrons. The van der Waals surface area contributed by atoms with Crippen LogP contribution >= 0.6 is 0 Å². The third kappa shape index (κ3) is 3.17. The number of ether oxygens (including phenoxy) is 2. The molecule has 1 unspecified atom stereocenters. The molecule has 0 fully saturated rings. The molecule has 1 aliphatic heterocycles. The quantitative estimate of drug-likeness (QED) is 0.655. The molecule has 0 aromatic heterocycles. The summed E-state index contributed by atoms with van der Waals surface area (Å²) in [6.45, 7) is 1.80. The van der Waals surface area contributed by atoms with E-state index in [2.05, 4.69) is 4.72 Å². The number of hydrogen-bond acceptors (Lipinski definition) is 6. The van der Waals surface area contributed by atoms with Gasteiger partial charge >= 0.3 is 0 Å². The number of hydrogen-bond donors (Lipinski definition) is 1. The van der Waals surface area contributed by atoms with E-state index in [9.17, 15) is 18.5 Å². The van der Waals surface area contributed by atoms with E-state index in [1.165, 1.54) is 18.2 Å². The average Bonchev–Trinajstić information content (AvgIpc) is 3.02. The molecule has 0 saturated carbocycles. The summed E-state index contributed by atoms with van der Waals surface area (Å²) >= 11 is 0. The van der Waals surface area contributed by atoms with Gasteiger partial charge in [0, 0.05) is 18.2 Å². The lowest BCUT2D eigenvalue weighted by Crippen LogP contribution is -2.26. The highest BCUT2D eigenvalue weighted by Crippen LogP contribution is 2.34. The van der Waals surface area contributed by atoms with Crippen molar-refractivity contribution in [3.63, 3.8) is 0 Å². The van der Waals surface area contributed by atoms with Crippen molar-refractivity contribution < 1.29 is 22.8 Å². The molecule has 0 amide bonds. The predicted octanol–water partition coefficient (Wildman–Crippen LogP) is 2.36. The second kappa shape index (κ2) is 6.10. The molecule has 0 bridgehead atoms. The number of nitro groups is 1. The van der Waals surface area contributed by atoms with E-state index in [1.807, 2.05) is 0 Å². The van der Waals surface area contributed by atoms with Crippen LogP contribution in [0.25, 0.3) is 0 Å². The summed E-state index contributed by atoms with van der Waals surface area (Å²) < 4.78 is 37.9. The van der Waals surface area contributed by atoms with Gasteiger partial charge in [0.2, 0.25) is 16.8 Å². The molecular weight excluding hydrogens is 336 g/mol. The van der Waals surface area contributed by atoms with Crippen LogP contribution in [0.5, 0.6) is 11.5 Å². The summed E-state index contributed by atoms with van der Waals surface area (Å²) in [6.07, 6.45) is 0. The van der Waals surface area contributed by atoms with Gasteiger partial charge in [0.15, 0.2) is 11.5 Å². The molecule has 0 saturated heterocycles. The van der Waals surface area contributed by atoms with Crippen LogP contribution in [-0.4, -0.2) is 20.1 Å². The minimum absolute atomic E-state index is 0.132. The molecule has 1 N–H and O–H groups in total. The summed E-state index contributed by atoms with van der Waals surface area (Å²) in [7, 11) is -3.90. The van der Waals surface area contributed by atoms with E-state index in [0.717, 1.165) is 6.07 Å². The molecule has 9 heteroatoms. The SMILES string of the molecule is CC(NS(=O)(=O)c1cccc([N+](=O)[O-])c1)c1ccc2c(c1)OCO2. The van der Waals surface area contributed by atoms with Gasteiger partial charge in [-0.05, 0) is 30.7 Å². The Bertz CT molecular complexity index is 897. The number of nitrogens with zero attached hydrogens (tertiary/aromatic N) is 1. The molecule has 2 aromatic carbocycles. The van der Waals surface area contributed by atoms with Crippen LogP contribution in [0.2, 0.25) is 0 Å². The zero-order valence-electron chi connectivity index (χ0n) is 12.6. The summed E-state index contributed by atoms with van der Waals surface area (Å²) in [5, 5.41) is 10.8. The van der Waals surface area contributed by atoms with Crippen LogP contribution < -0.4 is 14.2 Å². The van der Waals surface area contributed by atoms with E-state index in [4.69, 9.17) is 9.47 Å². The Morgan fingerprint density at radius 2 is 1.92 bits per heavy atom. The monoisotopic (exact) mass is 350 g/mol. The van der Waals surface area contributed by atoms with Crippen LogP contribution in [-0.2, 0) is 10.0 Å². The zero-order valence-corrected chi connectivity index (χ0v) is 13.4. The van der Waals surface area contributed by atoms with Crippen molar-refractivity contribution in [2.24, 2.45) is 0 Å². The fourth-order valence-corrected chi connectivity index (χ4v) is 3.59. The number of rotatable bonds is 5. The Labute approximate surface area is 138 Å². The van der Waals surface area contributed by atoms with Crippen LogP contribution in [0.3, 0.4) is 0 Å². The number of nitro benzene ring substituents is 1. The Kier molecular flexibility index (Phi) is 4.12. The van der Waals surface area contributed by atoms with Gasteiger partial charge in [-0.25, -0.2) is 13.1 Å². The second-order valence-electron chi connectivity index (χ2n) is 5.21. The standard InChI is InChI=1S/C15H14N2O6S/c1-10(11-5-6-14-15(7-11)23-9-22-14)16-24(20,21)13-4-2-3-12(8-13)17(18)19/h2-8,10,16H,9H2,1H3. The van der Waals surface area contributed by atoms with Crippen molar-refractivity contribution in [1.82, 2.24) is 4.72 Å². The highest BCUT2D eigenvalue weighted by molar-refractivity contribution is 7.89. The molecule has 3 rings (SSSR count). The zero-order chi connectivity index (χ0) is 17.3. The predicted molar refractivity (Wildman–Crippen MR) is 84.4 cm³/mol. The van der Waals surface area contributed by atoms with Crippen LogP contribution in [0.1, 0.15) is 18.5 Å². The van der Waals surface area contributed by atoms with Gasteiger partial charge in [-0.3, -0.25) is 10.1 Å².